The van der Waals surface area contributed by atoms with Crippen LogP contribution in [0.1, 0.15) is 323 Å². The van der Waals surface area contributed by atoms with Crippen molar-refractivity contribution in [1.82, 2.24) is 0 Å². The first-order valence-electron chi connectivity index (χ1n) is 31.9. The van der Waals surface area contributed by atoms with E-state index in [9.17, 15) is 14.4 Å². The Labute approximate surface area is 459 Å². The lowest BCUT2D eigenvalue weighted by Gasteiger charge is -2.18. The Bertz CT molecular complexity index is 1370. The van der Waals surface area contributed by atoms with E-state index < -0.39 is 6.10 Å². The Balaban J connectivity index is 4.40. The van der Waals surface area contributed by atoms with Gasteiger partial charge in [0.25, 0.3) is 0 Å². The molecule has 0 saturated carbocycles. The van der Waals surface area contributed by atoms with E-state index in [1.54, 1.807) is 0 Å². The molecule has 0 bridgehead atoms. The maximum absolute atomic E-state index is 12.9. The molecular weight excluding hydrogens is 913 g/mol. The van der Waals surface area contributed by atoms with Crippen molar-refractivity contribution in [1.29, 1.82) is 0 Å². The normalized spacial score (nSPS) is 12.5. The summed E-state index contributed by atoms with van der Waals surface area (Å²) in [7, 11) is 0. The smallest absolute Gasteiger partial charge is 0.306 e. The summed E-state index contributed by atoms with van der Waals surface area (Å²) in [5.41, 5.74) is 0. The lowest BCUT2D eigenvalue weighted by atomic mass is 10.1. The lowest BCUT2D eigenvalue weighted by molar-refractivity contribution is -0.167. The summed E-state index contributed by atoms with van der Waals surface area (Å²) < 4.78 is 16.9. The summed E-state index contributed by atoms with van der Waals surface area (Å²) in [4.78, 5) is 38.3. The molecule has 0 aliphatic heterocycles. The third kappa shape index (κ3) is 59.7. The zero-order valence-corrected chi connectivity index (χ0v) is 49.1. The van der Waals surface area contributed by atoms with Gasteiger partial charge in [-0.25, -0.2) is 0 Å². The molecule has 1 atom stereocenters. The zero-order chi connectivity index (χ0) is 53.6. The average Bonchev–Trinajstić information content (AvgIpc) is 3.40. The van der Waals surface area contributed by atoms with Crippen molar-refractivity contribution in [2.75, 3.05) is 13.2 Å². The van der Waals surface area contributed by atoms with Crippen LogP contribution in [0.15, 0.2) is 72.9 Å². The third-order valence-corrected chi connectivity index (χ3v) is 13.9. The first-order chi connectivity index (χ1) is 36.5. The van der Waals surface area contributed by atoms with Crippen LogP contribution in [-0.2, 0) is 28.6 Å². The molecule has 0 aromatic heterocycles. The van der Waals surface area contributed by atoms with Crippen molar-refractivity contribution >= 4 is 17.9 Å². The quantitative estimate of drug-likeness (QED) is 0.0261. The predicted molar refractivity (Wildman–Crippen MR) is 321 cm³/mol. The first-order valence-corrected chi connectivity index (χ1v) is 31.9. The topological polar surface area (TPSA) is 78.9 Å². The molecule has 6 heteroatoms. The fourth-order valence-electron chi connectivity index (χ4n) is 9.13. The number of carbonyl (C=O) groups excluding carboxylic acids is 3. The van der Waals surface area contributed by atoms with E-state index in [2.05, 4.69) is 93.7 Å². The number of allylic oxidation sites excluding steroid dienone is 12. The van der Waals surface area contributed by atoms with Crippen LogP contribution >= 0.6 is 0 Å². The van der Waals surface area contributed by atoms with Gasteiger partial charge in [0.1, 0.15) is 13.2 Å². The highest BCUT2D eigenvalue weighted by molar-refractivity contribution is 5.71. The Morgan fingerprint density at radius 3 is 0.838 bits per heavy atom. The van der Waals surface area contributed by atoms with Crippen LogP contribution in [0.4, 0.5) is 0 Å². The molecule has 1 unspecified atom stereocenters. The van der Waals surface area contributed by atoms with E-state index in [1.807, 2.05) is 0 Å². The largest absolute Gasteiger partial charge is 0.462 e. The molecule has 0 radical (unpaired) electrons. The number of ether oxygens (including phenoxy) is 3. The second-order valence-corrected chi connectivity index (χ2v) is 21.3. The Hall–Kier alpha value is -3.15. The SMILES string of the molecule is CC/C=C\C/C=C\C/C=C\C/C=C\CCCCCCCCC(=O)OCC(COC(=O)CCCCCCCCC/C=C\CCCCCCCCC)OC(=O)CCCCCCCCCCC/C=C\CCCCCCCC. The average molecular weight is 1030 g/mol. The standard InChI is InChI=1S/C68H120O6/c1-4-7-10-13-16-19-22-25-28-31-34-37-40-43-46-49-52-55-58-61-67(70)73-64-65(63-72-66(69)60-57-54-51-48-45-42-39-36-33-30-27-24-21-18-15-12-9-6-3)74-68(71)62-59-56-53-50-47-44-41-38-35-32-29-26-23-20-17-14-11-8-5-2/h7,10,16,19,25-26,28-30,33-34,37,65H,4-6,8-9,11-15,17-18,20-24,27,31-32,35-36,38-64H2,1-3H3/b10-7-,19-16-,28-25-,29-26-,33-30-,37-34-. The Kier molecular flexibility index (Phi) is 59.7. The van der Waals surface area contributed by atoms with Crippen LogP contribution in [0.25, 0.3) is 0 Å². The van der Waals surface area contributed by atoms with Gasteiger partial charge in [-0.2, -0.15) is 0 Å². The van der Waals surface area contributed by atoms with Crippen molar-refractivity contribution in [3.8, 4) is 0 Å². The summed E-state index contributed by atoms with van der Waals surface area (Å²) in [6.45, 7) is 6.54. The van der Waals surface area contributed by atoms with Gasteiger partial charge in [-0.05, 0) is 109 Å². The highest BCUT2D eigenvalue weighted by Crippen LogP contribution is 2.16. The number of esters is 3. The first kappa shape index (κ1) is 70.8. The molecule has 74 heavy (non-hydrogen) atoms. The second kappa shape index (κ2) is 62.4. The van der Waals surface area contributed by atoms with E-state index in [0.29, 0.717) is 19.3 Å². The van der Waals surface area contributed by atoms with Crippen LogP contribution in [0.3, 0.4) is 0 Å². The molecule has 428 valence electrons. The number of hydrogen-bond acceptors (Lipinski definition) is 6. The summed E-state index contributed by atoms with van der Waals surface area (Å²) in [6.07, 6.45) is 80.4. The van der Waals surface area contributed by atoms with Crippen LogP contribution in [0.2, 0.25) is 0 Å². The summed E-state index contributed by atoms with van der Waals surface area (Å²) in [6, 6.07) is 0. The molecule has 0 spiro atoms. The van der Waals surface area contributed by atoms with Crippen LogP contribution in [0, 0.1) is 0 Å². The summed E-state index contributed by atoms with van der Waals surface area (Å²) >= 11 is 0. The third-order valence-electron chi connectivity index (χ3n) is 13.9. The van der Waals surface area contributed by atoms with Gasteiger partial charge < -0.3 is 14.2 Å². The molecule has 0 rings (SSSR count). The van der Waals surface area contributed by atoms with E-state index in [4.69, 9.17) is 14.2 Å². The second-order valence-electron chi connectivity index (χ2n) is 21.3. The fraction of sp³-hybridized carbons (Fsp3) is 0.779. The van der Waals surface area contributed by atoms with Crippen LogP contribution in [0.5, 0.6) is 0 Å². The molecule has 0 saturated heterocycles. The van der Waals surface area contributed by atoms with Gasteiger partial charge >= 0.3 is 17.9 Å². The van der Waals surface area contributed by atoms with Crippen LogP contribution < -0.4 is 0 Å². The minimum Gasteiger partial charge on any atom is -0.462 e. The number of rotatable bonds is 58. The van der Waals surface area contributed by atoms with E-state index in [-0.39, 0.29) is 31.1 Å². The lowest BCUT2D eigenvalue weighted by Crippen LogP contribution is -2.30. The molecule has 6 nitrogen and oxygen atoms in total. The predicted octanol–water partition coefficient (Wildman–Crippen LogP) is 21.7. The van der Waals surface area contributed by atoms with Crippen molar-refractivity contribution in [2.24, 2.45) is 0 Å². The minimum absolute atomic E-state index is 0.0816. The van der Waals surface area contributed by atoms with Gasteiger partial charge in [0.2, 0.25) is 0 Å². The molecule has 0 fully saturated rings. The molecule has 0 aliphatic rings. The van der Waals surface area contributed by atoms with Crippen molar-refractivity contribution in [2.45, 2.75) is 329 Å². The van der Waals surface area contributed by atoms with Gasteiger partial charge in [-0.3, -0.25) is 14.4 Å². The highest BCUT2D eigenvalue weighted by Gasteiger charge is 2.19. The van der Waals surface area contributed by atoms with Crippen molar-refractivity contribution in [3.05, 3.63) is 72.9 Å². The number of hydrogen-bond donors (Lipinski definition) is 0. The molecule has 0 aromatic rings. The van der Waals surface area contributed by atoms with Gasteiger partial charge in [0, 0.05) is 19.3 Å². The summed E-state index contributed by atoms with van der Waals surface area (Å²) in [5.74, 6) is -0.887. The Morgan fingerprint density at radius 2 is 0.527 bits per heavy atom. The van der Waals surface area contributed by atoms with Crippen LogP contribution in [-0.4, -0.2) is 37.2 Å². The zero-order valence-electron chi connectivity index (χ0n) is 49.1. The molecule has 0 aliphatic carbocycles. The molecular formula is C68H120O6. The van der Waals surface area contributed by atoms with Gasteiger partial charge in [0.05, 0.1) is 0 Å². The molecule has 0 amide bonds. The van der Waals surface area contributed by atoms with Gasteiger partial charge in [-0.15, -0.1) is 0 Å². The Morgan fingerprint density at radius 1 is 0.284 bits per heavy atom. The maximum Gasteiger partial charge on any atom is 0.306 e. The van der Waals surface area contributed by atoms with Gasteiger partial charge in [-0.1, -0.05) is 267 Å². The van der Waals surface area contributed by atoms with Crippen molar-refractivity contribution < 1.29 is 28.6 Å². The number of unbranched alkanes of at least 4 members (excludes halogenated alkanes) is 35. The molecule has 0 N–H and O–H groups in total. The monoisotopic (exact) mass is 1030 g/mol. The maximum atomic E-state index is 12.9. The van der Waals surface area contributed by atoms with Gasteiger partial charge in [0.15, 0.2) is 6.10 Å². The van der Waals surface area contributed by atoms with E-state index in [0.717, 1.165) is 89.9 Å². The molecule has 0 heterocycles. The van der Waals surface area contributed by atoms with Crippen molar-refractivity contribution in [3.63, 3.8) is 0 Å². The molecule has 0 aromatic carbocycles. The minimum atomic E-state index is -0.786. The summed E-state index contributed by atoms with van der Waals surface area (Å²) in [5, 5.41) is 0. The van der Waals surface area contributed by atoms with E-state index >= 15 is 0 Å². The highest BCUT2D eigenvalue weighted by atomic mass is 16.6. The number of carbonyl (C=O) groups is 3. The van der Waals surface area contributed by atoms with E-state index in [1.165, 1.54) is 193 Å². The fourth-order valence-corrected chi connectivity index (χ4v) is 9.13.